The lowest BCUT2D eigenvalue weighted by molar-refractivity contribution is -0.870. The molecule has 10 heteroatoms. The minimum atomic E-state index is -4.61. The van der Waals surface area contributed by atoms with E-state index in [1.165, 1.54) is 77.0 Å². The third kappa shape index (κ3) is 34.6. The molecule has 284 valence electrons. The largest absolute Gasteiger partial charge is 0.756 e. The number of quaternary nitrogens is 1. The molecular weight excluding hydrogens is 629 g/mol. The SMILES string of the molecule is CCCC/C=C\CCCCCCCC(=O)O[C@H](COC(=O)CCCCCCCCCCCCCCC)COP(=O)([O-])OCC[N+](C)(C)C. The maximum absolute atomic E-state index is 12.6. The van der Waals surface area contributed by atoms with Crippen molar-refractivity contribution >= 4 is 19.8 Å². The predicted molar refractivity (Wildman–Crippen MR) is 195 cm³/mol. The van der Waals surface area contributed by atoms with Gasteiger partial charge in [0, 0.05) is 12.8 Å². The average Bonchev–Trinajstić information content (AvgIpc) is 3.02. The first-order valence-corrected chi connectivity index (χ1v) is 20.9. The van der Waals surface area contributed by atoms with E-state index < -0.39 is 26.5 Å². The molecular formula is C38H74NO8P. The first-order chi connectivity index (χ1) is 23.0. The van der Waals surface area contributed by atoms with Gasteiger partial charge in [0.25, 0.3) is 7.82 Å². The zero-order chi connectivity index (χ0) is 35.8. The van der Waals surface area contributed by atoms with Gasteiger partial charge >= 0.3 is 11.9 Å². The van der Waals surface area contributed by atoms with Gasteiger partial charge in [-0.3, -0.25) is 14.2 Å². The monoisotopic (exact) mass is 704 g/mol. The average molecular weight is 704 g/mol. The quantitative estimate of drug-likeness (QED) is 0.0211. The van der Waals surface area contributed by atoms with Crippen molar-refractivity contribution in [2.24, 2.45) is 0 Å². The Morgan fingerprint density at radius 1 is 0.625 bits per heavy atom. The van der Waals surface area contributed by atoms with Crippen molar-refractivity contribution in [2.45, 2.75) is 174 Å². The van der Waals surface area contributed by atoms with Gasteiger partial charge in [0.2, 0.25) is 0 Å². The molecule has 0 bridgehead atoms. The van der Waals surface area contributed by atoms with Crippen molar-refractivity contribution in [2.75, 3.05) is 47.5 Å². The van der Waals surface area contributed by atoms with Crippen LogP contribution in [0.3, 0.4) is 0 Å². The van der Waals surface area contributed by atoms with Gasteiger partial charge in [-0.25, -0.2) is 0 Å². The summed E-state index contributed by atoms with van der Waals surface area (Å²) >= 11 is 0. The molecule has 0 aromatic heterocycles. The Balaban J connectivity index is 4.42. The number of allylic oxidation sites excluding steroid dienone is 2. The van der Waals surface area contributed by atoms with Gasteiger partial charge in [-0.1, -0.05) is 135 Å². The van der Waals surface area contributed by atoms with Crippen LogP contribution >= 0.6 is 7.82 Å². The zero-order valence-corrected chi connectivity index (χ0v) is 32.6. The summed E-state index contributed by atoms with van der Waals surface area (Å²) in [6.07, 6.45) is 29.5. The van der Waals surface area contributed by atoms with Gasteiger partial charge in [0.15, 0.2) is 6.10 Å². The van der Waals surface area contributed by atoms with Gasteiger partial charge in [0.05, 0.1) is 27.7 Å². The summed E-state index contributed by atoms with van der Waals surface area (Å²) < 4.78 is 33.7. The van der Waals surface area contributed by atoms with E-state index in [0.29, 0.717) is 17.4 Å². The lowest BCUT2D eigenvalue weighted by Crippen LogP contribution is -2.37. The summed E-state index contributed by atoms with van der Waals surface area (Å²) in [5.41, 5.74) is 0. The predicted octanol–water partition coefficient (Wildman–Crippen LogP) is 9.61. The van der Waals surface area contributed by atoms with Gasteiger partial charge in [0.1, 0.15) is 19.8 Å². The van der Waals surface area contributed by atoms with Gasteiger partial charge < -0.3 is 27.9 Å². The van der Waals surface area contributed by atoms with Crippen LogP contribution in [0.2, 0.25) is 0 Å². The van der Waals surface area contributed by atoms with Crippen LogP contribution in [0.15, 0.2) is 12.2 Å². The fourth-order valence-corrected chi connectivity index (χ4v) is 5.89. The number of esters is 2. The fourth-order valence-electron chi connectivity index (χ4n) is 5.16. The standard InChI is InChI=1S/C38H74NO8P/c1-6-8-10-12-14-16-18-19-21-22-24-26-28-30-37(40)44-34-36(35-46-48(42,43)45-33-32-39(3,4)5)47-38(41)31-29-27-25-23-20-17-15-13-11-9-7-2/h13,15,36H,6-12,14,16-35H2,1-5H3/b15-13-/t36-/m1/s1. The second-order valence-corrected chi connectivity index (χ2v) is 15.7. The third-order valence-electron chi connectivity index (χ3n) is 8.29. The smallest absolute Gasteiger partial charge is 0.306 e. The van der Waals surface area contributed by atoms with Crippen molar-refractivity contribution in [3.63, 3.8) is 0 Å². The Morgan fingerprint density at radius 3 is 1.60 bits per heavy atom. The molecule has 0 aromatic rings. The second-order valence-electron chi connectivity index (χ2n) is 14.3. The maximum Gasteiger partial charge on any atom is 0.306 e. The summed E-state index contributed by atoms with van der Waals surface area (Å²) in [4.78, 5) is 37.3. The molecule has 0 heterocycles. The number of hydrogen-bond acceptors (Lipinski definition) is 8. The molecule has 0 fully saturated rings. The Morgan fingerprint density at radius 2 is 1.08 bits per heavy atom. The van der Waals surface area contributed by atoms with Crippen molar-refractivity contribution in [1.82, 2.24) is 0 Å². The third-order valence-corrected chi connectivity index (χ3v) is 9.25. The molecule has 1 unspecified atom stereocenters. The van der Waals surface area contributed by atoms with Gasteiger partial charge in [-0.05, 0) is 32.1 Å². The van der Waals surface area contributed by atoms with Crippen LogP contribution < -0.4 is 4.89 Å². The van der Waals surface area contributed by atoms with Crippen LogP contribution in [0.1, 0.15) is 168 Å². The molecule has 0 aromatic carbocycles. The number of rotatable bonds is 35. The van der Waals surface area contributed by atoms with E-state index in [0.717, 1.165) is 57.8 Å². The van der Waals surface area contributed by atoms with E-state index in [1.54, 1.807) is 0 Å². The number of phosphoric ester groups is 1. The second kappa shape index (κ2) is 31.7. The topological polar surface area (TPSA) is 111 Å². The van der Waals surface area contributed by atoms with Gasteiger partial charge in [-0.2, -0.15) is 0 Å². The lowest BCUT2D eigenvalue weighted by Gasteiger charge is -2.28. The molecule has 0 saturated heterocycles. The maximum atomic E-state index is 12.6. The van der Waals surface area contributed by atoms with E-state index in [-0.39, 0.29) is 32.0 Å². The molecule has 0 aliphatic carbocycles. The number of phosphoric acid groups is 1. The number of likely N-dealkylation sites (N-methyl/N-ethyl adjacent to an activating group) is 1. The number of carbonyl (C=O) groups excluding carboxylic acids is 2. The van der Waals surface area contributed by atoms with Crippen LogP contribution in [0.25, 0.3) is 0 Å². The number of carbonyl (C=O) groups is 2. The minimum Gasteiger partial charge on any atom is -0.756 e. The van der Waals surface area contributed by atoms with Crippen molar-refractivity contribution in [3.05, 3.63) is 12.2 Å². The highest BCUT2D eigenvalue weighted by Gasteiger charge is 2.21. The molecule has 0 radical (unpaired) electrons. The van der Waals surface area contributed by atoms with Gasteiger partial charge in [-0.15, -0.1) is 0 Å². The van der Waals surface area contributed by atoms with Crippen LogP contribution in [0, 0.1) is 0 Å². The van der Waals surface area contributed by atoms with Crippen molar-refractivity contribution in [3.8, 4) is 0 Å². The van der Waals surface area contributed by atoms with Crippen molar-refractivity contribution in [1.29, 1.82) is 0 Å². The molecule has 48 heavy (non-hydrogen) atoms. The van der Waals surface area contributed by atoms with Crippen LogP contribution in [0.4, 0.5) is 0 Å². The highest BCUT2D eigenvalue weighted by atomic mass is 31.2. The first kappa shape index (κ1) is 46.8. The van der Waals surface area contributed by atoms with E-state index >= 15 is 0 Å². The van der Waals surface area contributed by atoms with E-state index in [2.05, 4.69) is 26.0 Å². The molecule has 2 atom stereocenters. The number of ether oxygens (including phenoxy) is 2. The summed E-state index contributed by atoms with van der Waals surface area (Å²) in [5, 5.41) is 0. The van der Waals surface area contributed by atoms with E-state index in [1.807, 2.05) is 21.1 Å². The van der Waals surface area contributed by atoms with E-state index in [4.69, 9.17) is 18.5 Å². The Hall–Kier alpha value is -1.25. The minimum absolute atomic E-state index is 0.0298. The first-order valence-electron chi connectivity index (χ1n) is 19.4. The summed E-state index contributed by atoms with van der Waals surface area (Å²) in [6.45, 7) is 4.17. The summed E-state index contributed by atoms with van der Waals surface area (Å²) in [6, 6.07) is 0. The summed E-state index contributed by atoms with van der Waals surface area (Å²) in [5.74, 6) is -0.842. The molecule has 0 spiro atoms. The lowest BCUT2D eigenvalue weighted by atomic mass is 10.0. The van der Waals surface area contributed by atoms with Crippen molar-refractivity contribution < 1.29 is 42.1 Å². The summed E-state index contributed by atoms with van der Waals surface area (Å²) in [7, 11) is 1.16. The molecule has 0 rings (SSSR count). The van der Waals surface area contributed by atoms with Crippen LogP contribution in [-0.4, -0.2) is 70.0 Å². The normalized spacial score (nSPS) is 13.9. The fraction of sp³-hybridized carbons (Fsp3) is 0.895. The Kier molecular flexibility index (Phi) is 30.9. The number of unbranched alkanes of at least 4 members (excludes halogenated alkanes) is 19. The highest BCUT2D eigenvalue weighted by molar-refractivity contribution is 7.45. The molecule has 0 aliphatic heterocycles. The molecule has 9 nitrogen and oxygen atoms in total. The highest BCUT2D eigenvalue weighted by Crippen LogP contribution is 2.38. The number of hydrogen-bond donors (Lipinski definition) is 0. The molecule has 0 amide bonds. The molecule has 0 saturated carbocycles. The number of nitrogens with zero attached hydrogens (tertiary/aromatic N) is 1. The van der Waals surface area contributed by atoms with Crippen LogP contribution in [0.5, 0.6) is 0 Å². The molecule has 0 N–H and O–H groups in total. The van der Waals surface area contributed by atoms with E-state index in [9.17, 15) is 19.0 Å². The van der Waals surface area contributed by atoms with Crippen LogP contribution in [-0.2, 0) is 32.7 Å². The Labute approximate surface area is 295 Å². The Bertz CT molecular complexity index is 845. The zero-order valence-electron chi connectivity index (χ0n) is 31.7. The molecule has 0 aliphatic rings.